The molecule has 0 aliphatic carbocycles. The average molecular weight is 288 g/mol. The Morgan fingerprint density at radius 2 is 1.90 bits per heavy atom. The maximum atomic E-state index is 12.3. The predicted octanol–water partition coefficient (Wildman–Crippen LogP) is 3.68. The van der Waals surface area contributed by atoms with Gasteiger partial charge in [0, 0.05) is 5.25 Å². The van der Waals surface area contributed by atoms with Crippen LogP contribution in [0.4, 0.5) is 0 Å². The summed E-state index contributed by atoms with van der Waals surface area (Å²) in [6.45, 7) is 7.97. The summed E-state index contributed by atoms with van der Waals surface area (Å²) in [5.74, 6) is -0.00201. The van der Waals surface area contributed by atoms with E-state index in [2.05, 4.69) is 24.2 Å². The van der Waals surface area contributed by atoms with Crippen LogP contribution in [-0.4, -0.2) is 16.3 Å². The molecule has 106 valence electrons. The summed E-state index contributed by atoms with van der Waals surface area (Å²) >= 11 is 1.57. The van der Waals surface area contributed by atoms with Crippen LogP contribution >= 0.6 is 11.8 Å². The van der Waals surface area contributed by atoms with Crippen molar-refractivity contribution < 1.29 is 4.79 Å². The van der Waals surface area contributed by atoms with E-state index < -0.39 is 5.41 Å². The van der Waals surface area contributed by atoms with Gasteiger partial charge >= 0.3 is 0 Å². The fourth-order valence-corrected chi connectivity index (χ4v) is 2.59. The first kappa shape index (κ1) is 14.9. The van der Waals surface area contributed by atoms with Crippen molar-refractivity contribution in [3.8, 4) is 0 Å². The lowest BCUT2D eigenvalue weighted by atomic mass is 9.86. The molecular weight excluding hydrogens is 268 g/mol. The molecule has 1 aliphatic heterocycles. The largest absolute Gasteiger partial charge is 0.304 e. The maximum Gasteiger partial charge on any atom is 0.237 e. The van der Waals surface area contributed by atoms with Crippen molar-refractivity contribution in [1.82, 2.24) is 5.32 Å². The number of aliphatic imine (C=N–C) groups is 1. The molecule has 0 unspecified atom stereocenters. The van der Waals surface area contributed by atoms with Crippen molar-refractivity contribution in [2.24, 2.45) is 10.4 Å². The van der Waals surface area contributed by atoms with Crippen molar-refractivity contribution in [3.63, 3.8) is 0 Å². The van der Waals surface area contributed by atoms with Crippen LogP contribution in [0.5, 0.6) is 0 Å². The zero-order valence-electron chi connectivity index (χ0n) is 12.3. The molecular formula is C16H20N2OS. The Morgan fingerprint density at radius 1 is 1.25 bits per heavy atom. The Balaban J connectivity index is 2.40. The summed E-state index contributed by atoms with van der Waals surface area (Å²) in [7, 11) is 0. The Labute approximate surface area is 124 Å². The molecule has 20 heavy (non-hydrogen) atoms. The number of carbonyl (C=O) groups is 1. The number of nitrogens with zero attached hydrogens (tertiary/aromatic N) is 1. The highest BCUT2D eigenvalue weighted by atomic mass is 32.2. The van der Waals surface area contributed by atoms with E-state index in [0.717, 1.165) is 11.3 Å². The number of amides is 1. The topological polar surface area (TPSA) is 41.5 Å². The van der Waals surface area contributed by atoms with Gasteiger partial charge in [0.2, 0.25) is 5.91 Å². The number of hydrogen-bond acceptors (Lipinski definition) is 3. The lowest BCUT2D eigenvalue weighted by molar-refractivity contribution is -0.126. The van der Waals surface area contributed by atoms with Crippen molar-refractivity contribution in [2.75, 3.05) is 0 Å². The van der Waals surface area contributed by atoms with Gasteiger partial charge in [0.05, 0.1) is 11.1 Å². The molecule has 0 spiro atoms. The molecule has 0 radical (unpaired) electrons. The second-order valence-electron chi connectivity index (χ2n) is 5.60. The molecule has 0 fully saturated rings. The Hall–Kier alpha value is -1.55. The van der Waals surface area contributed by atoms with Crippen molar-refractivity contribution in [3.05, 3.63) is 41.6 Å². The van der Waals surface area contributed by atoms with E-state index in [-0.39, 0.29) is 5.91 Å². The highest BCUT2D eigenvalue weighted by Gasteiger charge is 2.36. The van der Waals surface area contributed by atoms with E-state index in [0.29, 0.717) is 10.4 Å². The van der Waals surface area contributed by atoms with E-state index in [1.165, 1.54) is 0 Å². The van der Waals surface area contributed by atoms with Crippen LogP contribution in [0, 0.1) is 5.41 Å². The van der Waals surface area contributed by atoms with Crippen LogP contribution in [0.1, 0.15) is 33.3 Å². The predicted molar refractivity (Wildman–Crippen MR) is 86.5 cm³/mol. The summed E-state index contributed by atoms with van der Waals surface area (Å²) in [4.78, 5) is 16.9. The van der Waals surface area contributed by atoms with Gasteiger partial charge in [-0.1, -0.05) is 55.9 Å². The van der Waals surface area contributed by atoms with Gasteiger partial charge in [0.25, 0.3) is 0 Å². The lowest BCUT2D eigenvalue weighted by Crippen LogP contribution is -2.44. The Bertz CT molecular complexity index is 559. The molecule has 1 heterocycles. The number of nitrogens with one attached hydrogen (secondary N) is 1. The first-order valence-corrected chi connectivity index (χ1v) is 7.61. The van der Waals surface area contributed by atoms with E-state index in [4.69, 9.17) is 0 Å². The van der Waals surface area contributed by atoms with Crippen LogP contribution < -0.4 is 5.32 Å². The molecule has 4 heteroatoms. The molecule has 0 saturated carbocycles. The van der Waals surface area contributed by atoms with Crippen molar-refractivity contribution in [2.45, 2.75) is 32.9 Å². The quantitative estimate of drug-likeness (QED) is 0.902. The van der Waals surface area contributed by atoms with Crippen LogP contribution in [-0.2, 0) is 4.79 Å². The molecule has 1 amide bonds. The van der Waals surface area contributed by atoms with Gasteiger partial charge in [0.15, 0.2) is 5.17 Å². The number of benzene rings is 1. The minimum Gasteiger partial charge on any atom is -0.304 e. The molecule has 1 aromatic rings. The minimum absolute atomic E-state index is 0.00201. The van der Waals surface area contributed by atoms with Gasteiger partial charge < -0.3 is 5.32 Å². The molecule has 1 aromatic carbocycles. The SMILES string of the molecule is CC(C)SC1=N/C(=C\c2ccccc2)C(C)(C)C(=O)N1. The minimum atomic E-state index is -0.614. The fraction of sp³-hybridized carbons (Fsp3) is 0.375. The third-order valence-corrected chi connectivity index (χ3v) is 3.99. The zero-order valence-corrected chi connectivity index (χ0v) is 13.1. The Kier molecular flexibility index (Phi) is 4.33. The van der Waals surface area contributed by atoms with E-state index in [1.807, 2.05) is 50.3 Å². The first-order chi connectivity index (χ1) is 9.39. The van der Waals surface area contributed by atoms with E-state index >= 15 is 0 Å². The van der Waals surface area contributed by atoms with Gasteiger partial charge in [-0.2, -0.15) is 0 Å². The van der Waals surface area contributed by atoms with E-state index in [9.17, 15) is 4.79 Å². The van der Waals surface area contributed by atoms with Gasteiger partial charge in [-0.15, -0.1) is 0 Å². The summed E-state index contributed by atoms with van der Waals surface area (Å²) in [5.41, 5.74) is 1.25. The van der Waals surface area contributed by atoms with Crippen LogP contribution in [0.2, 0.25) is 0 Å². The summed E-state index contributed by atoms with van der Waals surface area (Å²) in [6, 6.07) is 9.97. The first-order valence-electron chi connectivity index (χ1n) is 6.73. The number of hydrogen-bond donors (Lipinski definition) is 1. The maximum absolute atomic E-state index is 12.3. The molecule has 0 atom stereocenters. The second-order valence-corrected chi connectivity index (χ2v) is 7.17. The van der Waals surface area contributed by atoms with Crippen LogP contribution in [0.3, 0.4) is 0 Å². The van der Waals surface area contributed by atoms with Crippen molar-refractivity contribution >= 4 is 28.9 Å². The molecule has 3 nitrogen and oxygen atoms in total. The average Bonchev–Trinajstić information content (AvgIpc) is 2.36. The van der Waals surface area contributed by atoms with Gasteiger partial charge in [-0.25, -0.2) is 4.99 Å². The van der Waals surface area contributed by atoms with Gasteiger partial charge in [0.1, 0.15) is 0 Å². The van der Waals surface area contributed by atoms with Crippen molar-refractivity contribution in [1.29, 1.82) is 0 Å². The molecule has 0 bridgehead atoms. The monoisotopic (exact) mass is 288 g/mol. The zero-order chi connectivity index (χ0) is 14.8. The van der Waals surface area contributed by atoms with Gasteiger partial charge in [-0.3, -0.25) is 4.79 Å². The Morgan fingerprint density at radius 3 is 2.50 bits per heavy atom. The molecule has 0 saturated heterocycles. The van der Waals surface area contributed by atoms with Gasteiger partial charge in [-0.05, 0) is 25.5 Å². The number of amidine groups is 1. The molecule has 1 aliphatic rings. The number of carbonyl (C=O) groups excluding carboxylic acids is 1. The van der Waals surface area contributed by atoms with Crippen LogP contribution in [0.15, 0.2) is 41.0 Å². The van der Waals surface area contributed by atoms with Crippen LogP contribution in [0.25, 0.3) is 6.08 Å². The lowest BCUT2D eigenvalue weighted by Gasteiger charge is -2.30. The third kappa shape index (κ3) is 3.31. The highest BCUT2D eigenvalue weighted by molar-refractivity contribution is 8.14. The molecule has 1 N–H and O–H groups in total. The summed E-state index contributed by atoms with van der Waals surface area (Å²) < 4.78 is 0. The molecule has 2 rings (SSSR count). The van der Waals surface area contributed by atoms with E-state index in [1.54, 1.807) is 11.8 Å². The number of rotatable bonds is 2. The highest BCUT2D eigenvalue weighted by Crippen LogP contribution is 2.33. The normalized spacial score (nSPS) is 19.9. The summed E-state index contributed by atoms with van der Waals surface area (Å²) in [6.07, 6.45) is 1.99. The summed E-state index contributed by atoms with van der Waals surface area (Å²) in [5, 5.41) is 3.96. The molecule has 0 aromatic heterocycles. The smallest absolute Gasteiger partial charge is 0.237 e. The third-order valence-electron chi connectivity index (χ3n) is 3.10. The fourth-order valence-electron chi connectivity index (χ4n) is 1.85. The number of thioether (sulfide) groups is 1. The standard InChI is InChI=1S/C16H20N2OS/c1-11(2)20-15-17-13(16(3,4)14(19)18-15)10-12-8-6-5-7-9-12/h5-11H,1-4H3,(H,17,18,19)/b13-10-. The second kappa shape index (κ2) is 5.83.